The predicted molar refractivity (Wildman–Crippen MR) is 205 cm³/mol. The van der Waals surface area contributed by atoms with Gasteiger partial charge in [0.05, 0.1) is 39.2 Å². The molecule has 0 spiro atoms. The van der Waals surface area contributed by atoms with Crippen LogP contribution in [0, 0.1) is 28.1 Å². The van der Waals surface area contributed by atoms with Crippen molar-refractivity contribution in [3.8, 4) is 23.6 Å². The average Bonchev–Trinajstić information content (AvgIpc) is 3.52. The number of aromatic amines is 1. The van der Waals surface area contributed by atoms with Crippen LogP contribution in [0.3, 0.4) is 0 Å². The highest BCUT2D eigenvalue weighted by Gasteiger charge is 2.63. The van der Waals surface area contributed by atoms with Crippen molar-refractivity contribution in [3.63, 3.8) is 0 Å². The van der Waals surface area contributed by atoms with Gasteiger partial charge >= 0.3 is 17.9 Å². The predicted octanol–water partition coefficient (Wildman–Crippen LogP) is 3.09. The molecule has 59 heavy (non-hydrogen) atoms. The fourth-order valence-corrected chi connectivity index (χ4v) is 6.56. The maximum absolute atomic E-state index is 14.3. The molecular weight excluding hydrogens is 770 g/mol. The van der Waals surface area contributed by atoms with E-state index >= 15 is 0 Å². The summed E-state index contributed by atoms with van der Waals surface area (Å²) in [5, 5.41) is 41.8. The van der Waals surface area contributed by atoms with E-state index in [0.717, 1.165) is 16.8 Å². The van der Waals surface area contributed by atoms with Gasteiger partial charge in [-0.05, 0) is 41.0 Å². The van der Waals surface area contributed by atoms with Gasteiger partial charge in [0.15, 0.2) is 6.23 Å². The molecule has 1 aliphatic heterocycles. The van der Waals surface area contributed by atoms with Gasteiger partial charge < -0.3 is 38.3 Å². The first kappa shape index (κ1) is 43.1. The van der Waals surface area contributed by atoms with E-state index in [1.54, 1.807) is 78.9 Å². The zero-order chi connectivity index (χ0) is 42.6. The summed E-state index contributed by atoms with van der Waals surface area (Å²) in [7, 11) is 4.20. The summed E-state index contributed by atoms with van der Waals surface area (Å²) in [4.78, 5) is 55.0. The van der Waals surface area contributed by atoms with E-state index in [4.69, 9.17) is 43.8 Å². The number of aromatic nitrogens is 2. The van der Waals surface area contributed by atoms with Crippen molar-refractivity contribution in [2.75, 3.05) is 41.2 Å². The van der Waals surface area contributed by atoms with E-state index < -0.39 is 72.4 Å². The molecule has 0 radical (unpaired) electrons. The maximum Gasteiger partial charge on any atom is 0.419 e. The van der Waals surface area contributed by atoms with Crippen molar-refractivity contribution in [3.05, 3.63) is 129 Å². The zero-order valence-corrected chi connectivity index (χ0v) is 32.2. The fraction of sp³-hybridized carbons (Fsp3) is 0.325. The summed E-state index contributed by atoms with van der Waals surface area (Å²) >= 11 is 0. The highest BCUT2D eigenvalue weighted by Crippen LogP contribution is 2.46. The van der Waals surface area contributed by atoms with Gasteiger partial charge in [-0.1, -0.05) is 54.6 Å². The molecule has 4 atom stereocenters. The lowest BCUT2D eigenvalue weighted by atomic mass is 9.79. The molecule has 2 heterocycles. The van der Waals surface area contributed by atoms with Crippen molar-refractivity contribution in [2.24, 2.45) is 0 Å². The van der Waals surface area contributed by atoms with E-state index in [2.05, 4.69) is 10.3 Å². The lowest BCUT2D eigenvalue weighted by molar-refractivity contribution is -0.208. The number of nitrogens with zero attached hydrogens (tertiary/aromatic N) is 4. The van der Waals surface area contributed by atoms with E-state index in [0.29, 0.717) is 33.1 Å². The maximum atomic E-state index is 14.3. The molecule has 308 valence electrons. The lowest BCUT2D eigenvalue weighted by Crippen LogP contribution is -2.67. The molecule has 0 aliphatic carbocycles. The number of alkyl carbamates (subject to hydrolysis) is 1. The smallest absolute Gasteiger partial charge is 0.419 e. The molecule has 1 aliphatic rings. The molecule has 5 rings (SSSR count). The molecule has 19 heteroatoms. The highest BCUT2D eigenvalue weighted by molar-refractivity contribution is 6.00. The number of amides is 2. The minimum atomic E-state index is -2.65. The highest BCUT2D eigenvalue weighted by atomic mass is 16.6. The lowest BCUT2D eigenvalue weighted by Gasteiger charge is -2.44. The third-order valence-electron chi connectivity index (χ3n) is 9.34. The quantitative estimate of drug-likeness (QED) is 0.0582. The van der Waals surface area contributed by atoms with Gasteiger partial charge in [0.2, 0.25) is 11.7 Å². The van der Waals surface area contributed by atoms with Crippen LogP contribution in [0.25, 0.3) is 0 Å². The van der Waals surface area contributed by atoms with Gasteiger partial charge in [-0.3, -0.25) is 25.1 Å². The van der Waals surface area contributed by atoms with Crippen LogP contribution in [-0.2, 0) is 29.3 Å². The van der Waals surface area contributed by atoms with Gasteiger partial charge in [0, 0.05) is 19.4 Å². The van der Waals surface area contributed by atoms with Gasteiger partial charge in [-0.2, -0.15) is 10.5 Å². The van der Waals surface area contributed by atoms with Gasteiger partial charge in [0.1, 0.15) is 49.1 Å². The molecule has 1 aromatic heterocycles. The largest absolute Gasteiger partial charge is 0.497 e. The molecule has 2 amide bonds. The number of hydrogen-bond donors (Lipinski definition) is 4. The summed E-state index contributed by atoms with van der Waals surface area (Å²) in [5.41, 5.74) is -4.48. The summed E-state index contributed by atoms with van der Waals surface area (Å²) in [6, 6.07) is 27.3. The fourth-order valence-electron chi connectivity index (χ4n) is 6.56. The molecule has 4 N–H and O–H groups in total. The molecular formula is C40H41N7O12. The Morgan fingerprint density at radius 3 is 1.98 bits per heavy atom. The Bertz CT molecular complexity index is 2240. The molecule has 1 fully saturated rings. The van der Waals surface area contributed by atoms with Crippen LogP contribution in [0.1, 0.15) is 35.8 Å². The van der Waals surface area contributed by atoms with Gasteiger partial charge in [-0.15, -0.1) is 0 Å². The number of hydrogen-bond acceptors (Lipinski definition) is 15. The SMILES string of the molecule is COc1ccc(C(OC[C@@]2(N(C(=N)NC(=O)OCCC#N)C(=O)OCCC#N)O[C@@H](n3ccc(=O)[nH]c3=O)[C@H](OC)[C@@H]2O)(c2ccccc2)c2ccc(OC)cc2)cc1. The van der Waals surface area contributed by atoms with Crippen LogP contribution >= 0.6 is 0 Å². The minimum Gasteiger partial charge on any atom is -0.497 e. The minimum absolute atomic E-state index is 0.191. The number of nitrogens with one attached hydrogen (secondary N) is 3. The van der Waals surface area contributed by atoms with Crippen LogP contribution in [-0.4, -0.2) is 96.8 Å². The Morgan fingerprint density at radius 2 is 1.46 bits per heavy atom. The van der Waals surface area contributed by atoms with Crippen LogP contribution in [0.4, 0.5) is 9.59 Å². The Kier molecular flexibility index (Phi) is 14.2. The number of aliphatic hydroxyl groups excluding tert-OH is 1. The topological polar surface area (TPSA) is 261 Å². The molecule has 3 aromatic carbocycles. The van der Waals surface area contributed by atoms with Crippen molar-refractivity contribution >= 4 is 18.1 Å². The zero-order valence-electron chi connectivity index (χ0n) is 32.2. The summed E-state index contributed by atoms with van der Waals surface area (Å²) in [6.07, 6.45) is -7.30. The molecule has 4 aromatic rings. The Hall–Kier alpha value is -7.03. The summed E-state index contributed by atoms with van der Waals surface area (Å²) in [5.74, 6) is -0.0396. The van der Waals surface area contributed by atoms with Crippen LogP contribution in [0.15, 0.2) is 101 Å². The molecule has 0 saturated carbocycles. The first-order valence-corrected chi connectivity index (χ1v) is 17.9. The van der Waals surface area contributed by atoms with Gasteiger partial charge in [0.25, 0.3) is 5.56 Å². The molecule has 0 bridgehead atoms. The third kappa shape index (κ3) is 9.09. The number of nitriles is 2. The number of guanidine groups is 1. The number of aliphatic hydroxyl groups is 1. The molecule has 19 nitrogen and oxygen atoms in total. The number of carbonyl (C=O) groups excluding carboxylic acids is 2. The first-order valence-electron chi connectivity index (χ1n) is 17.9. The van der Waals surface area contributed by atoms with Crippen molar-refractivity contribution in [1.82, 2.24) is 19.8 Å². The molecule has 0 unspecified atom stereocenters. The summed E-state index contributed by atoms with van der Waals surface area (Å²) < 4.78 is 41.4. The van der Waals surface area contributed by atoms with Crippen molar-refractivity contribution in [2.45, 2.75) is 42.6 Å². The Balaban J connectivity index is 1.78. The number of carbonyl (C=O) groups is 2. The molecule has 1 saturated heterocycles. The number of H-pyrrole nitrogens is 1. The standard InChI is InChI=1S/C40H41N7O12/c1-53-29-15-11-27(12-16-29)40(26-9-5-4-6-10-26,28-13-17-30(54-2)18-14-28)58-25-39(33(49)32(55-3)34(59-39)46-22-19-31(48)44-36(46)50)47(38(52)57-24-8-21-42)35(43)45-37(51)56-23-7-20-41/h4-6,9-19,22,32-34,49H,7-8,23-25H2,1-3H3,(H2,43,45,51)(H,44,48,50)/t32-,33+,34-,39-/m1/s1. The average molecular weight is 812 g/mol. The van der Waals surface area contributed by atoms with E-state index in [1.807, 2.05) is 12.1 Å². The monoisotopic (exact) mass is 811 g/mol. The first-order chi connectivity index (χ1) is 28.5. The second kappa shape index (κ2) is 19.4. The van der Waals surface area contributed by atoms with E-state index in [1.165, 1.54) is 21.3 Å². The summed E-state index contributed by atoms with van der Waals surface area (Å²) in [6.45, 7) is -1.75. The Labute approximate surface area is 337 Å². The van der Waals surface area contributed by atoms with Crippen LogP contribution in [0.5, 0.6) is 11.5 Å². The second-order valence-electron chi connectivity index (χ2n) is 12.7. The number of methoxy groups -OCH3 is 3. The van der Waals surface area contributed by atoms with Crippen LogP contribution in [0.2, 0.25) is 0 Å². The van der Waals surface area contributed by atoms with Gasteiger partial charge in [-0.25, -0.2) is 19.3 Å². The number of ether oxygens (including phenoxy) is 7. The number of benzene rings is 3. The van der Waals surface area contributed by atoms with Crippen LogP contribution < -0.4 is 26.0 Å². The normalized spacial score (nSPS) is 18.4. The second-order valence-corrected chi connectivity index (χ2v) is 12.7. The number of rotatable bonds is 15. The third-order valence-corrected chi connectivity index (χ3v) is 9.34. The Morgan fingerprint density at radius 1 is 0.898 bits per heavy atom. The van der Waals surface area contributed by atoms with E-state index in [9.17, 15) is 29.5 Å². The van der Waals surface area contributed by atoms with Crippen molar-refractivity contribution < 1.29 is 47.9 Å². The van der Waals surface area contributed by atoms with E-state index in [-0.39, 0.29) is 19.4 Å². The van der Waals surface area contributed by atoms with Crippen molar-refractivity contribution in [1.29, 1.82) is 15.9 Å².